The number of nitrogens with zero attached hydrogens (tertiary/aromatic N) is 1. The van der Waals surface area contributed by atoms with Crippen LogP contribution in [0.5, 0.6) is 0 Å². The van der Waals surface area contributed by atoms with Gasteiger partial charge < -0.3 is 10.2 Å². The highest BCUT2D eigenvalue weighted by Gasteiger charge is 2.28. The third-order valence-electron chi connectivity index (χ3n) is 5.67. The molecule has 0 radical (unpaired) electrons. The van der Waals surface area contributed by atoms with Crippen LogP contribution in [0.1, 0.15) is 43.7 Å². The molecule has 1 aliphatic carbocycles. The van der Waals surface area contributed by atoms with E-state index in [-0.39, 0.29) is 35.2 Å². The molecular weight excluding hydrogens is 515 g/mol. The largest absolute Gasteiger partial charge is 0.352 e. The summed E-state index contributed by atoms with van der Waals surface area (Å²) in [5.74, 6) is -0.272. The first-order valence-electron chi connectivity index (χ1n) is 10.7. The van der Waals surface area contributed by atoms with Crippen LogP contribution in [0.3, 0.4) is 0 Å². The fraction of sp³-hybridized carbons (Fsp3) is 0.417. The Morgan fingerprint density at radius 2 is 1.91 bits per heavy atom. The predicted molar refractivity (Wildman–Crippen MR) is 132 cm³/mol. The van der Waals surface area contributed by atoms with Gasteiger partial charge in [-0.1, -0.05) is 58.6 Å². The van der Waals surface area contributed by atoms with E-state index in [0.29, 0.717) is 17.1 Å². The standard InChI is InChI=1S/C24H27BrClFN2O2S/c1-16(24(31)28-19-5-2-3-6-19)29(13-17-9-11-18(25)12-10-17)23(30)15-32-14-20-21(26)7-4-8-22(20)27/h4,7-12,16,19H,2-3,5-6,13-15H2,1H3,(H,28,31). The van der Waals surface area contributed by atoms with Gasteiger partial charge in [0.15, 0.2) is 0 Å². The highest BCUT2D eigenvalue weighted by molar-refractivity contribution is 9.10. The molecule has 8 heteroatoms. The van der Waals surface area contributed by atoms with Crippen molar-refractivity contribution in [2.24, 2.45) is 0 Å². The smallest absolute Gasteiger partial charge is 0.242 e. The number of amides is 2. The number of carbonyl (C=O) groups excluding carboxylic acids is 2. The molecule has 0 spiro atoms. The second-order valence-electron chi connectivity index (χ2n) is 8.01. The maximum Gasteiger partial charge on any atom is 0.242 e. The molecule has 2 aromatic rings. The third-order valence-corrected chi connectivity index (χ3v) is 7.50. The van der Waals surface area contributed by atoms with Gasteiger partial charge in [-0.05, 0) is 49.6 Å². The molecule has 1 aliphatic rings. The van der Waals surface area contributed by atoms with E-state index in [1.165, 1.54) is 17.8 Å². The van der Waals surface area contributed by atoms with Crippen molar-refractivity contribution in [3.05, 3.63) is 68.9 Å². The summed E-state index contributed by atoms with van der Waals surface area (Å²) < 4.78 is 15.0. The van der Waals surface area contributed by atoms with E-state index in [4.69, 9.17) is 11.6 Å². The summed E-state index contributed by atoms with van der Waals surface area (Å²) in [5, 5.41) is 3.44. The first-order chi connectivity index (χ1) is 15.3. The molecule has 1 N–H and O–H groups in total. The fourth-order valence-corrected chi connectivity index (χ4v) is 5.27. The summed E-state index contributed by atoms with van der Waals surface area (Å²) >= 11 is 10.8. The molecule has 32 heavy (non-hydrogen) atoms. The zero-order valence-electron chi connectivity index (χ0n) is 18.0. The Morgan fingerprint density at radius 1 is 1.22 bits per heavy atom. The van der Waals surface area contributed by atoms with Crippen LogP contribution >= 0.6 is 39.3 Å². The molecule has 2 amide bonds. The molecule has 0 heterocycles. The van der Waals surface area contributed by atoms with Gasteiger partial charge in [0.2, 0.25) is 11.8 Å². The lowest BCUT2D eigenvalue weighted by atomic mass is 10.1. The third kappa shape index (κ3) is 6.96. The maximum atomic E-state index is 14.0. The summed E-state index contributed by atoms with van der Waals surface area (Å²) in [6, 6.07) is 11.8. The summed E-state index contributed by atoms with van der Waals surface area (Å²) in [5.41, 5.74) is 1.32. The number of nitrogens with one attached hydrogen (secondary N) is 1. The van der Waals surface area contributed by atoms with Crippen molar-refractivity contribution in [3.8, 4) is 0 Å². The normalized spacial score (nSPS) is 14.9. The van der Waals surface area contributed by atoms with Crippen LogP contribution in [0.25, 0.3) is 0 Å². The molecular formula is C24H27BrClFN2O2S. The fourth-order valence-electron chi connectivity index (χ4n) is 3.75. The quantitative estimate of drug-likeness (QED) is 0.427. The average molecular weight is 542 g/mol. The summed E-state index contributed by atoms with van der Waals surface area (Å²) in [7, 11) is 0. The molecule has 0 saturated heterocycles. The monoisotopic (exact) mass is 540 g/mol. The Kier molecular flexibility index (Phi) is 9.44. The Labute approximate surface area is 206 Å². The van der Waals surface area contributed by atoms with Crippen LogP contribution in [0.2, 0.25) is 5.02 Å². The van der Waals surface area contributed by atoms with E-state index in [1.54, 1.807) is 24.0 Å². The Balaban J connectivity index is 1.67. The molecule has 172 valence electrons. The molecule has 1 saturated carbocycles. The molecule has 0 bridgehead atoms. The predicted octanol–water partition coefficient (Wildman–Crippen LogP) is 5.95. The second-order valence-corrected chi connectivity index (χ2v) is 10.3. The van der Waals surface area contributed by atoms with Gasteiger partial charge in [0.25, 0.3) is 0 Å². The lowest BCUT2D eigenvalue weighted by Gasteiger charge is -2.29. The van der Waals surface area contributed by atoms with Gasteiger partial charge in [0.05, 0.1) is 5.75 Å². The van der Waals surface area contributed by atoms with Gasteiger partial charge in [-0.3, -0.25) is 9.59 Å². The zero-order chi connectivity index (χ0) is 23.1. The second kappa shape index (κ2) is 12.1. The van der Waals surface area contributed by atoms with Crippen LogP contribution in [-0.4, -0.2) is 34.6 Å². The number of halogens is 3. The van der Waals surface area contributed by atoms with Crippen molar-refractivity contribution in [2.45, 2.75) is 57.0 Å². The number of rotatable bonds is 9. The lowest BCUT2D eigenvalue weighted by molar-refractivity contribution is -0.138. The minimum atomic E-state index is -0.607. The van der Waals surface area contributed by atoms with E-state index in [1.807, 2.05) is 24.3 Å². The highest BCUT2D eigenvalue weighted by Crippen LogP contribution is 2.25. The molecule has 4 nitrogen and oxygen atoms in total. The van der Waals surface area contributed by atoms with Crippen LogP contribution < -0.4 is 5.32 Å². The van der Waals surface area contributed by atoms with Gasteiger partial charge in [0, 0.05) is 33.4 Å². The van der Waals surface area contributed by atoms with Crippen molar-refractivity contribution in [1.29, 1.82) is 0 Å². The van der Waals surface area contributed by atoms with Crippen molar-refractivity contribution in [3.63, 3.8) is 0 Å². The van der Waals surface area contributed by atoms with E-state index in [2.05, 4.69) is 21.2 Å². The number of hydrogen-bond donors (Lipinski definition) is 1. The van der Waals surface area contributed by atoms with E-state index in [0.717, 1.165) is 35.7 Å². The Hall–Kier alpha value is -1.57. The van der Waals surface area contributed by atoms with Crippen LogP contribution in [0.4, 0.5) is 4.39 Å². The topological polar surface area (TPSA) is 49.4 Å². The summed E-state index contributed by atoms with van der Waals surface area (Å²) in [4.78, 5) is 27.6. The maximum absolute atomic E-state index is 14.0. The SMILES string of the molecule is CC(C(=O)NC1CCCC1)N(Cc1ccc(Br)cc1)C(=O)CSCc1c(F)cccc1Cl. The van der Waals surface area contributed by atoms with E-state index in [9.17, 15) is 14.0 Å². The van der Waals surface area contributed by atoms with Gasteiger partial charge in [-0.15, -0.1) is 11.8 Å². The van der Waals surface area contributed by atoms with Crippen molar-refractivity contribution in [2.75, 3.05) is 5.75 Å². The minimum absolute atomic E-state index is 0.127. The van der Waals surface area contributed by atoms with E-state index >= 15 is 0 Å². The number of carbonyl (C=O) groups is 2. The van der Waals surface area contributed by atoms with Crippen molar-refractivity contribution in [1.82, 2.24) is 10.2 Å². The molecule has 0 aromatic heterocycles. The number of benzene rings is 2. The lowest BCUT2D eigenvalue weighted by Crippen LogP contribution is -2.50. The average Bonchev–Trinajstić information content (AvgIpc) is 3.27. The molecule has 3 rings (SSSR count). The van der Waals surface area contributed by atoms with Crippen LogP contribution in [0.15, 0.2) is 46.9 Å². The summed E-state index contributed by atoms with van der Waals surface area (Å²) in [6.45, 7) is 2.09. The van der Waals surface area contributed by atoms with Crippen LogP contribution in [-0.2, 0) is 21.9 Å². The first kappa shape index (κ1) is 25.1. The van der Waals surface area contributed by atoms with Gasteiger partial charge in [0.1, 0.15) is 11.9 Å². The van der Waals surface area contributed by atoms with Crippen molar-refractivity contribution < 1.29 is 14.0 Å². The Morgan fingerprint density at radius 3 is 2.56 bits per heavy atom. The molecule has 2 aromatic carbocycles. The van der Waals surface area contributed by atoms with Gasteiger partial charge >= 0.3 is 0 Å². The summed E-state index contributed by atoms with van der Waals surface area (Å²) in [6.07, 6.45) is 4.21. The number of hydrogen-bond acceptors (Lipinski definition) is 3. The minimum Gasteiger partial charge on any atom is -0.352 e. The Bertz CT molecular complexity index is 918. The first-order valence-corrected chi connectivity index (χ1v) is 13.0. The van der Waals surface area contributed by atoms with Crippen LogP contribution in [0, 0.1) is 5.82 Å². The molecule has 1 unspecified atom stereocenters. The molecule has 1 atom stereocenters. The molecule has 0 aliphatic heterocycles. The van der Waals surface area contributed by atoms with Crippen molar-refractivity contribution >= 4 is 51.1 Å². The highest BCUT2D eigenvalue weighted by atomic mass is 79.9. The molecule has 1 fully saturated rings. The number of thioether (sulfide) groups is 1. The van der Waals surface area contributed by atoms with Gasteiger partial charge in [-0.2, -0.15) is 0 Å². The van der Waals surface area contributed by atoms with Gasteiger partial charge in [-0.25, -0.2) is 4.39 Å². The van der Waals surface area contributed by atoms with E-state index < -0.39 is 6.04 Å². The zero-order valence-corrected chi connectivity index (χ0v) is 21.1.